The third-order valence-corrected chi connectivity index (χ3v) is 6.19. The lowest BCUT2D eigenvalue weighted by atomic mass is 9.92. The predicted molar refractivity (Wildman–Crippen MR) is 131 cm³/mol. The van der Waals surface area contributed by atoms with Gasteiger partial charge in [-0.2, -0.15) is 13.2 Å². The maximum absolute atomic E-state index is 13.6. The van der Waals surface area contributed by atoms with Crippen molar-refractivity contribution in [2.24, 2.45) is 11.8 Å². The van der Waals surface area contributed by atoms with E-state index in [4.69, 9.17) is 4.74 Å². The third kappa shape index (κ3) is 6.20. The number of nitrogens with zero attached hydrogens (tertiary/aromatic N) is 2. The van der Waals surface area contributed by atoms with Gasteiger partial charge in [0, 0.05) is 48.2 Å². The fraction of sp³-hybridized carbons (Fsp3) is 0.444. The Balaban J connectivity index is 1.49. The third-order valence-electron chi connectivity index (χ3n) is 6.19. The lowest BCUT2D eigenvalue weighted by Crippen LogP contribution is -2.39. The zero-order valence-electron chi connectivity index (χ0n) is 20.0. The number of para-hydroxylation sites is 1. The number of pyridine rings is 1. The van der Waals surface area contributed by atoms with E-state index < -0.39 is 11.7 Å². The van der Waals surface area contributed by atoms with Crippen LogP contribution in [0.15, 0.2) is 48.5 Å². The second-order valence-electron chi connectivity index (χ2n) is 9.60. The number of benzene rings is 2. The van der Waals surface area contributed by atoms with Crippen LogP contribution in [0.4, 0.5) is 24.5 Å². The van der Waals surface area contributed by atoms with E-state index >= 15 is 0 Å². The SMILES string of the molecule is Cc1cc(Nc2cc(OCCCN3CC(C)CC(C)C3)cc(C(F)(F)F)c2)c2ccccc2n1. The maximum Gasteiger partial charge on any atom is 0.416 e. The van der Waals surface area contributed by atoms with Gasteiger partial charge in [0.15, 0.2) is 0 Å². The van der Waals surface area contributed by atoms with Crippen LogP contribution in [0.2, 0.25) is 0 Å². The standard InChI is InChI=1S/C27H32F3N3O/c1-18-11-19(2)17-33(16-18)9-6-10-34-23-14-21(27(28,29)30)13-22(15-23)32-26-12-20(3)31-25-8-5-4-7-24(25)26/h4-5,7-8,12-15,18-19H,6,9-11,16-17H2,1-3H3,(H,31,32). The molecule has 1 fully saturated rings. The molecular formula is C27H32F3N3O. The monoisotopic (exact) mass is 471 g/mol. The second-order valence-corrected chi connectivity index (χ2v) is 9.60. The Morgan fingerprint density at radius 2 is 1.79 bits per heavy atom. The van der Waals surface area contributed by atoms with Gasteiger partial charge in [0.25, 0.3) is 0 Å². The smallest absolute Gasteiger partial charge is 0.416 e. The van der Waals surface area contributed by atoms with Crippen LogP contribution in [0.3, 0.4) is 0 Å². The number of piperidine rings is 1. The number of likely N-dealkylation sites (tertiary alicyclic amines) is 1. The van der Waals surface area contributed by atoms with Gasteiger partial charge in [0.05, 0.1) is 17.7 Å². The minimum atomic E-state index is -4.47. The molecule has 0 aliphatic carbocycles. The Morgan fingerprint density at radius 3 is 2.53 bits per heavy atom. The van der Waals surface area contributed by atoms with Crippen LogP contribution < -0.4 is 10.1 Å². The van der Waals surface area contributed by atoms with E-state index in [2.05, 4.69) is 29.0 Å². The number of ether oxygens (including phenoxy) is 1. The van der Waals surface area contributed by atoms with Gasteiger partial charge in [0.2, 0.25) is 0 Å². The lowest BCUT2D eigenvalue weighted by Gasteiger charge is -2.34. The van der Waals surface area contributed by atoms with Crippen LogP contribution in [0.25, 0.3) is 10.9 Å². The van der Waals surface area contributed by atoms with Crippen molar-refractivity contribution < 1.29 is 17.9 Å². The summed E-state index contributed by atoms with van der Waals surface area (Å²) in [7, 11) is 0. The zero-order chi connectivity index (χ0) is 24.3. The normalized spacial score (nSPS) is 19.4. The van der Waals surface area contributed by atoms with E-state index in [1.807, 2.05) is 37.3 Å². The minimum absolute atomic E-state index is 0.216. The number of anilines is 2. The summed E-state index contributed by atoms with van der Waals surface area (Å²) in [5.74, 6) is 1.57. The predicted octanol–water partition coefficient (Wildman–Crippen LogP) is 7.05. The number of aromatic nitrogens is 1. The number of aryl methyl sites for hydroxylation is 1. The highest BCUT2D eigenvalue weighted by Gasteiger charge is 2.31. The number of hydrogen-bond donors (Lipinski definition) is 1. The molecule has 1 N–H and O–H groups in total. The van der Waals surface area contributed by atoms with Crippen LogP contribution in [0.1, 0.15) is 37.9 Å². The summed E-state index contributed by atoms with van der Waals surface area (Å²) in [6.45, 7) is 9.80. The topological polar surface area (TPSA) is 37.4 Å². The molecule has 2 aromatic carbocycles. The molecule has 4 rings (SSSR count). The highest BCUT2D eigenvalue weighted by atomic mass is 19.4. The van der Waals surface area contributed by atoms with E-state index in [0.717, 1.165) is 54.8 Å². The summed E-state index contributed by atoms with van der Waals surface area (Å²) in [5, 5.41) is 4.01. The largest absolute Gasteiger partial charge is 0.493 e. The summed E-state index contributed by atoms with van der Waals surface area (Å²) in [6, 6.07) is 13.2. The summed E-state index contributed by atoms with van der Waals surface area (Å²) in [4.78, 5) is 6.93. The number of rotatable bonds is 7. The van der Waals surface area contributed by atoms with Gasteiger partial charge in [-0.3, -0.25) is 4.98 Å². The molecule has 1 aromatic heterocycles. The molecule has 3 aromatic rings. The summed E-state index contributed by atoms with van der Waals surface area (Å²) in [6.07, 6.45) is -2.45. The average Bonchev–Trinajstić information content (AvgIpc) is 2.75. The van der Waals surface area contributed by atoms with E-state index in [0.29, 0.717) is 29.8 Å². The van der Waals surface area contributed by atoms with Gasteiger partial charge in [-0.15, -0.1) is 0 Å². The quantitative estimate of drug-likeness (QED) is 0.375. The summed E-state index contributed by atoms with van der Waals surface area (Å²) >= 11 is 0. The van der Waals surface area contributed by atoms with Crippen LogP contribution >= 0.6 is 0 Å². The first-order chi connectivity index (χ1) is 16.2. The minimum Gasteiger partial charge on any atom is -0.493 e. The Labute approximate surface area is 199 Å². The number of nitrogens with one attached hydrogen (secondary N) is 1. The van der Waals surface area contributed by atoms with Crippen molar-refractivity contribution in [1.82, 2.24) is 9.88 Å². The number of alkyl halides is 3. The fourth-order valence-corrected chi connectivity index (χ4v) is 4.94. The zero-order valence-corrected chi connectivity index (χ0v) is 20.0. The molecule has 182 valence electrons. The van der Waals surface area contributed by atoms with E-state index in [1.54, 1.807) is 6.07 Å². The molecule has 2 heterocycles. The van der Waals surface area contributed by atoms with Crippen molar-refractivity contribution in [2.75, 3.05) is 31.6 Å². The number of halogens is 3. The van der Waals surface area contributed by atoms with Crippen LogP contribution in [0, 0.1) is 18.8 Å². The van der Waals surface area contributed by atoms with Gasteiger partial charge in [0.1, 0.15) is 5.75 Å². The Morgan fingerprint density at radius 1 is 1.06 bits per heavy atom. The molecule has 2 unspecified atom stereocenters. The Hall–Kier alpha value is -2.80. The van der Waals surface area contributed by atoms with Crippen molar-refractivity contribution in [1.29, 1.82) is 0 Å². The molecule has 4 nitrogen and oxygen atoms in total. The van der Waals surface area contributed by atoms with E-state index in [1.165, 1.54) is 6.42 Å². The first kappa shape index (κ1) is 24.3. The molecule has 0 bridgehead atoms. The van der Waals surface area contributed by atoms with E-state index in [-0.39, 0.29) is 5.75 Å². The van der Waals surface area contributed by atoms with Crippen molar-refractivity contribution >= 4 is 22.3 Å². The van der Waals surface area contributed by atoms with Crippen LogP contribution in [-0.4, -0.2) is 36.1 Å². The molecule has 0 radical (unpaired) electrons. The highest BCUT2D eigenvalue weighted by Crippen LogP contribution is 2.36. The van der Waals surface area contributed by atoms with Crippen LogP contribution in [0.5, 0.6) is 5.75 Å². The van der Waals surface area contributed by atoms with Crippen molar-refractivity contribution in [3.63, 3.8) is 0 Å². The molecule has 0 amide bonds. The summed E-state index contributed by atoms with van der Waals surface area (Å²) in [5.41, 5.74) is 1.88. The highest BCUT2D eigenvalue weighted by molar-refractivity contribution is 5.93. The second kappa shape index (κ2) is 10.2. The van der Waals surface area contributed by atoms with Gasteiger partial charge >= 0.3 is 6.18 Å². The first-order valence-corrected chi connectivity index (χ1v) is 11.9. The molecule has 1 aliphatic heterocycles. The number of fused-ring (bicyclic) bond motifs is 1. The summed E-state index contributed by atoms with van der Waals surface area (Å²) < 4.78 is 46.6. The number of hydrogen-bond acceptors (Lipinski definition) is 4. The first-order valence-electron chi connectivity index (χ1n) is 11.9. The molecule has 1 saturated heterocycles. The van der Waals surface area contributed by atoms with Crippen molar-refractivity contribution in [3.05, 3.63) is 59.8 Å². The molecule has 2 atom stereocenters. The molecule has 1 aliphatic rings. The van der Waals surface area contributed by atoms with Gasteiger partial charge in [-0.05, 0) is 55.9 Å². The van der Waals surface area contributed by atoms with Crippen molar-refractivity contribution in [2.45, 2.75) is 39.8 Å². The fourth-order valence-electron chi connectivity index (χ4n) is 4.94. The Kier molecular flexibility index (Phi) is 7.31. The van der Waals surface area contributed by atoms with Gasteiger partial charge < -0.3 is 15.0 Å². The van der Waals surface area contributed by atoms with Crippen molar-refractivity contribution in [3.8, 4) is 5.75 Å². The molecule has 7 heteroatoms. The molecular weight excluding hydrogens is 439 g/mol. The van der Waals surface area contributed by atoms with E-state index in [9.17, 15) is 13.2 Å². The molecule has 34 heavy (non-hydrogen) atoms. The lowest BCUT2D eigenvalue weighted by molar-refractivity contribution is -0.137. The van der Waals surface area contributed by atoms with Crippen LogP contribution in [-0.2, 0) is 6.18 Å². The molecule has 0 spiro atoms. The molecule has 0 saturated carbocycles. The Bertz CT molecular complexity index is 1120. The average molecular weight is 472 g/mol. The maximum atomic E-state index is 13.6. The van der Waals surface area contributed by atoms with Gasteiger partial charge in [-0.25, -0.2) is 0 Å². The van der Waals surface area contributed by atoms with Gasteiger partial charge in [-0.1, -0.05) is 32.0 Å².